The van der Waals surface area contributed by atoms with Crippen LogP contribution < -0.4 is 26.7 Å². The molecule has 11 heteroatoms. The van der Waals surface area contributed by atoms with Crippen molar-refractivity contribution in [2.75, 3.05) is 23.2 Å². The third kappa shape index (κ3) is 4.33. The van der Waals surface area contributed by atoms with Gasteiger partial charge in [0.1, 0.15) is 0 Å². The van der Waals surface area contributed by atoms with Gasteiger partial charge in [-0.25, -0.2) is 19.8 Å². The molecular formula is C16H19N5O6. The fourth-order valence-corrected chi connectivity index (χ4v) is 2.31. The molecular weight excluding hydrogens is 358 g/mol. The standard InChI is InChI=1S/C16H19N5O6/c1-11(22)18(19-8-3-5-13(24)15(19)26)10-7-17-21(12(2)23)20-9-4-6-14(25)16(20)27/h3-6,8-9,17,24-25H,7,10H2,1-2H3. The van der Waals surface area contributed by atoms with Crippen molar-refractivity contribution in [3.63, 3.8) is 0 Å². The molecule has 2 rings (SSSR count). The highest BCUT2D eigenvalue weighted by Gasteiger charge is 2.17. The van der Waals surface area contributed by atoms with Gasteiger partial charge in [-0.15, -0.1) is 0 Å². The number of rotatable bonds is 6. The lowest BCUT2D eigenvalue weighted by Gasteiger charge is -2.27. The zero-order chi connectivity index (χ0) is 20.1. The van der Waals surface area contributed by atoms with Crippen LogP contribution in [0.4, 0.5) is 0 Å². The van der Waals surface area contributed by atoms with Gasteiger partial charge >= 0.3 is 11.1 Å². The second-order valence-corrected chi connectivity index (χ2v) is 5.47. The lowest BCUT2D eigenvalue weighted by molar-refractivity contribution is -0.119. The zero-order valence-electron chi connectivity index (χ0n) is 14.7. The second-order valence-electron chi connectivity index (χ2n) is 5.47. The molecule has 2 aromatic rings. The largest absolute Gasteiger partial charge is 0.503 e. The van der Waals surface area contributed by atoms with E-state index in [-0.39, 0.29) is 13.1 Å². The van der Waals surface area contributed by atoms with Crippen LogP contribution in [0.5, 0.6) is 11.5 Å². The molecule has 2 amide bonds. The van der Waals surface area contributed by atoms with Crippen molar-refractivity contribution in [2.24, 2.45) is 0 Å². The number of aromatic nitrogens is 2. The summed E-state index contributed by atoms with van der Waals surface area (Å²) in [6, 6.07) is 5.15. The average molecular weight is 377 g/mol. The Morgan fingerprint density at radius 3 is 2.00 bits per heavy atom. The van der Waals surface area contributed by atoms with Gasteiger partial charge < -0.3 is 10.2 Å². The van der Waals surface area contributed by atoms with Crippen molar-refractivity contribution in [1.82, 2.24) is 14.8 Å². The van der Waals surface area contributed by atoms with Crippen LogP contribution in [-0.4, -0.2) is 44.5 Å². The SMILES string of the molecule is CC(=O)N(CCNN(C(C)=O)n1cccc(O)c1=O)n1cccc(O)c1=O. The van der Waals surface area contributed by atoms with Crippen LogP contribution in [0.25, 0.3) is 0 Å². The predicted molar refractivity (Wildman–Crippen MR) is 95.4 cm³/mol. The summed E-state index contributed by atoms with van der Waals surface area (Å²) < 4.78 is 1.81. The zero-order valence-corrected chi connectivity index (χ0v) is 14.7. The Labute approximate surface area is 153 Å². The van der Waals surface area contributed by atoms with Crippen molar-refractivity contribution in [1.29, 1.82) is 0 Å². The first-order valence-electron chi connectivity index (χ1n) is 7.88. The topological polar surface area (TPSA) is 137 Å². The van der Waals surface area contributed by atoms with Crippen molar-refractivity contribution >= 4 is 11.8 Å². The van der Waals surface area contributed by atoms with Crippen molar-refractivity contribution in [2.45, 2.75) is 13.8 Å². The van der Waals surface area contributed by atoms with Gasteiger partial charge in [0.15, 0.2) is 11.5 Å². The molecule has 2 aromatic heterocycles. The molecule has 0 radical (unpaired) electrons. The number of carbonyl (C=O) groups excluding carboxylic acids is 2. The fourth-order valence-electron chi connectivity index (χ4n) is 2.31. The number of hydrogen-bond donors (Lipinski definition) is 3. The average Bonchev–Trinajstić information content (AvgIpc) is 2.60. The Morgan fingerprint density at radius 1 is 0.963 bits per heavy atom. The number of nitrogens with one attached hydrogen (secondary N) is 1. The Hall–Kier alpha value is -3.60. The number of nitrogens with zero attached hydrogens (tertiary/aromatic N) is 4. The number of amides is 2. The summed E-state index contributed by atoms with van der Waals surface area (Å²) in [4.78, 5) is 47.7. The summed E-state index contributed by atoms with van der Waals surface area (Å²) in [6.07, 6.45) is 2.59. The molecule has 0 spiro atoms. The van der Waals surface area contributed by atoms with Gasteiger partial charge in [0.2, 0.25) is 5.91 Å². The second kappa shape index (κ2) is 8.19. The maximum atomic E-state index is 12.0. The van der Waals surface area contributed by atoms with Crippen LogP contribution in [0, 0.1) is 0 Å². The molecule has 27 heavy (non-hydrogen) atoms. The molecule has 0 bridgehead atoms. The molecule has 2 heterocycles. The van der Waals surface area contributed by atoms with Gasteiger partial charge in [0.25, 0.3) is 5.91 Å². The lowest BCUT2D eigenvalue weighted by Crippen LogP contribution is -2.56. The van der Waals surface area contributed by atoms with E-state index in [0.717, 1.165) is 19.5 Å². The Balaban J connectivity index is 2.19. The highest BCUT2D eigenvalue weighted by molar-refractivity contribution is 5.84. The van der Waals surface area contributed by atoms with Crippen LogP contribution in [0.3, 0.4) is 0 Å². The minimum absolute atomic E-state index is 0.0245. The van der Waals surface area contributed by atoms with Crippen LogP contribution in [0.15, 0.2) is 46.2 Å². The summed E-state index contributed by atoms with van der Waals surface area (Å²) in [7, 11) is 0. The highest BCUT2D eigenvalue weighted by Crippen LogP contribution is 2.00. The quantitative estimate of drug-likeness (QED) is 0.526. The molecule has 0 unspecified atom stereocenters. The van der Waals surface area contributed by atoms with Crippen molar-refractivity contribution in [3.8, 4) is 11.5 Å². The third-order valence-corrected chi connectivity index (χ3v) is 3.54. The van der Waals surface area contributed by atoms with Gasteiger partial charge in [-0.1, -0.05) is 0 Å². The summed E-state index contributed by atoms with van der Waals surface area (Å²) >= 11 is 0. The molecule has 0 fully saturated rings. The van der Waals surface area contributed by atoms with E-state index in [0.29, 0.717) is 0 Å². The molecule has 0 aliphatic heterocycles. The highest BCUT2D eigenvalue weighted by atomic mass is 16.3. The van der Waals surface area contributed by atoms with Gasteiger partial charge in [0.05, 0.1) is 6.54 Å². The molecule has 144 valence electrons. The summed E-state index contributed by atoms with van der Waals surface area (Å²) in [6.45, 7) is 2.35. The van der Waals surface area contributed by atoms with Crippen molar-refractivity contribution in [3.05, 3.63) is 57.4 Å². The molecule has 11 nitrogen and oxygen atoms in total. The third-order valence-electron chi connectivity index (χ3n) is 3.54. The smallest absolute Gasteiger partial charge is 0.312 e. The van der Waals surface area contributed by atoms with E-state index in [9.17, 15) is 29.4 Å². The molecule has 0 atom stereocenters. The van der Waals surface area contributed by atoms with Gasteiger partial charge in [0, 0.05) is 32.8 Å². The molecule has 0 aromatic carbocycles. The minimum atomic E-state index is -0.812. The van der Waals surface area contributed by atoms with Crippen molar-refractivity contribution < 1.29 is 19.8 Å². The van der Waals surface area contributed by atoms with E-state index in [1.165, 1.54) is 50.5 Å². The molecule has 0 saturated heterocycles. The molecule has 0 aliphatic carbocycles. The van der Waals surface area contributed by atoms with E-state index in [2.05, 4.69) is 5.43 Å². The van der Waals surface area contributed by atoms with E-state index in [1.807, 2.05) is 0 Å². The maximum Gasteiger partial charge on any atom is 0.312 e. The lowest BCUT2D eigenvalue weighted by atomic mass is 10.4. The van der Waals surface area contributed by atoms with Crippen LogP contribution in [-0.2, 0) is 9.59 Å². The number of hydrogen-bond acceptors (Lipinski definition) is 7. The first kappa shape index (κ1) is 19.7. The van der Waals surface area contributed by atoms with E-state index in [4.69, 9.17) is 0 Å². The molecule has 3 N–H and O–H groups in total. The predicted octanol–water partition coefficient (Wildman–Crippen LogP) is -1.40. The van der Waals surface area contributed by atoms with Gasteiger partial charge in [-0.3, -0.25) is 19.2 Å². The number of hydrazine groups is 1. The van der Waals surface area contributed by atoms with Gasteiger partial charge in [-0.2, -0.15) is 5.12 Å². The van der Waals surface area contributed by atoms with Crippen LogP contribution >= 0.6 is 0 Å². The van der Waals surface area contributed by atoms with Crippen LogP contribution in [0.1, 0.15) is 13.8 Å². The van der Waals surface area contributed by atoms with E-state index < -0.39 is 34.4 Å². The normalized spacial score (nSPS) is 10.4. The molecule has 0 aliphatic rings. The van der Waals surface area contributed by atoms with Gasteiger partial charge in [-0.05, 0) is 24.3 Å². The minimum Gasteiger partial charge on any atom is -0.503 e. The Morgan fingerprint density at radius 2 is 1.48 bits per heavy atom. The maximum absolute atomic E-state index is 12.0. The monoisotopic (exact) mass is 377 g/mol. The number of carbonyl (C=O) groups is 2. The first-order valence-corrected chi connectivity index (χ1v) is 7.88. The summed E-state index contributed by atoms with van der Waals surface area (Å²) in [5, 5.41) is 21.0. The van der Waals surface area contributed by atoms with E-state index >= 15 is 0 Å². The number of pyridine rings is 2. The number of aromatic hydroxyl groups is 2. The molecule has 0 saturated carbocycles. The Kier molecular flexibility index (Phi) is 5.98. The first-order chi connectivity index (χ1) is 12.7. The van der Waals surface area contributed by atoms with E-state index in [1.54, 1.807) is 0 Å². The summed E-state index contributed by atoms with van der Waals surface area (Å²) in [5.41, 5.74) is 1.07. The summed E-state index contributed by atoms with van der Waals surface area (Å²) in [5.74, 6) is -2.09. The fraction of sp³-hybridized carbons (Fsp3) is 0.250. The van der Waals surface area contributed by atoms with Crippen LogP contribution in [0.2, 0.25) is 0 Å². The Bertz CT molecular complexity index is 889.